The van der Waals surface area contributed by atoms with Crippen LogP contribution >= 0.6 is 7.82 Å². The molecule has 4 N–H and O–H groups in total. The first kappa shape index (κ1) is 51.6. The Labute approximate surface area is 326 Å². The number of phosphoric acid groups is 1. The molecule has 0 spiro atoms. The average molecular weight is 785 g/mol. The number of phosphoric ester groups is 1. The van der Waals surface area contributed by atoms with Gasteiger partial charge in [-0.25, -0.2) is 4.57 Å². The molecule has 4 atom stereocenters. The van der Waals surface area contributed by atoms with Crippen LogP contribution in [-0.4, -0.2) is 76.9 Å². The van der Waals surface area contributed by atoms with Crippen molar-refractivity contribution in [2.75, 3.05) is 26.4 Å². The van der Waals surface area contributed by atoms with E-state index in [0.29, 0.717) is 32.1 Å². The van der Waals surface area contributed by atoms with E-state index in [-0.39, 0.29) is 19.4 Å². The molecule has 0 aliphatic heterocycles. The maximum atomic E-state index is 12.6. The third-order valence-electron chi connectivity index (χ3n) is 8.19. The van der Waals surface area contributed by atoms with E-state index in [4.69, 9.17) is 19.1 Å². The minimum Gasteiger partial charge on any atom is -0.462 e. The number of rotatable bonds is 36. The maximum absolute atomic E-state index is 12.6. The van der Waals surface area contributed by atoms with Crippen LogP contribution in [0.2, 0.25) is 0 Å². The van der Waals surface area contributed by atoms with Gasteiger partial charge in [0.15, 0.2) is 6.10 Å². The molecular weight excluding hydrogens is 711 g/mol. The van der Waals surface area contributed by atoms with E-state index in [9.17, 15) is 29.3 Å². The summed E-state index contributed by atoms with van der Waals surface area (Å²) in [6.07, 6.45) is 33.8. The van der Waals surface area contributed by atoms with Crippen molar-refractivity contribution in [1.82, 2.24) is 0 Å². The molecule has 0 amide bonds. The molecule has 0 saturated heterocycles. The second-order valence-corrected chi connectivity index (χ2v) is 15.4. The summed E-state index contributed by atoms with van der Waals surface area (Å²) in [5.41, 5.74) is 0. The van der Waals surface area contributed by atoms with Crippen molar-refractivity contribution in [3.63, 3.8) is 0 Å². The van der Waals surface area contributed by atoms with Gasteiger partial charge in [0.05, 0.1) is 25.9 Å². The topological polar surface area (TPSA) is 169 Å². The number of ether oxygens (including phenoxy) is 2. The molecule has 0 heterocycles. The van der Waals surface area contributed by atoms with Crippen molar-refractivity contribution in [3.05, 3.63) is 60.8 Å². The normalized spacial score (nSPS) is 15.3. The zero-order valence-corrected chi connectivity index (χ0v) is 34.3. The number of carbonyl (C=O) groups excluding carboxylic acids is 2. The minimum absolute atomic E-state index is 0.129. The summed E-state index contributed by atoms with van der Waals surface area (Å²) >= 11 is 0. The van der Waals surface area contributed by atoms with E-state index in [2.05, 4.69) is 37.4 Å². The summed E-state index contributed by atoms with van der Waals surface area (Å²) in [6, 6.07) is 0. The highest BCUT2D eigenvalue weighted by Gasteiger charge is 2.27. The Morgan fingerprint density at radius 2 is 1.28 bits per heavy atom. The maximum Gasteiger partial charge on any atom is 0.472 e. The molecule has 0 bridgehead atoms. The second-order valence-electron chi connectivity index (χ2n) is 14.0. The zero-order chi connectivity index (χ0) is 40.1. The van der Waals surface area contributed by atoms with Gasteiger partial charge in [0.25, 0.3) is 0 Å². The van der Waals surface area contributed by atoms with Gasteiger partial charge in [0.2, 0.25) is 0 Å². The molecule has 0 aromatic rings. The molecule has 0 radical (unpaired) electrons. The monoisotopic (exact) mass is 784 g/mol. The second kappa shape index (κ2) is 36.3. The molecule has 0 saturated carbocycles. The summed E-state index contributed by atoms with van der Waals surface area (Å²) in [7, 11) is -4.64. The van der Waals surface area contributed by atoms with Crippen molar-refractivity contribution in [3.8, 4) is 0 Å². The highest BCUT2D eigenvalue weighted by molar-refractivity contribution is 7.47. The average Bonchev–Trinajstić information content (AvgIpc) is 3.14. The quantitative estimate of drug-likeness (QED) is 0.0157. The van der Waals surface area contributed by atoms with Crippen LogP contribution in [0.5, 0.6) is 0 Å². The van der Waals surface area contributed by atoms with E-state index in [1.165, 1.54) is 44.9 Å². The summed E-state index contributed by atoms with van der Waals surface area (Å²) in [5.74, 6) is -0.261. The first-order valence-electron chi connectivity index (χ1n) is 20.2. The highest BCUT2D eigenvalue weighted by Crippen LogP contribution is 2.43. The van der Waals surface area contributed by atoms with Gasteiger partial charge in [0.1, 0.15) is 12.7 Å². The van der Waals surface area contributed by atoms with E-state index < -0.39 is 57.9 Å². The molecule has 11 nitrogen and oxygen atoms in total. The zero-order valence-electron chi connectivity index (χ0n) is 33.4. The van der Waals surface area contributed by atoms with Crippen molar-refractivity contribution in [2.24, 2.45) is 5.92 Å². The van der Waals surface area contributed by atoms with E-state index >= 15 is 0 Å². The van der Waals surface area contributed by atoms with Gasteiger partial charge >= 0.3 is 19.8 Å². The first-order valence-corrected chi connectivity index (χ1v) is 21.7. The molecule has 0 fully saturated rings. The molecule has 0 aliphatic carbocycles. The molecule has 54 heavy (non-hydrogen) atoms. The largest absolute Gasteiger partial charge is 0.472 e. The van der Waals surface area contributed by atoms with Crippen molar-refractivity contribution in [2.45, 2.75) is 161 Å². The molecule has 0 aromatic carbocycles. The van der Waals surface area contributed by atoms with Gasteiger partial charge in [-0.15, -0.1) is 0 Å². The third kappa shape index (κ3) is 36.6. The number of hydrogen-bond acceptors (Lipinski definition) is 10. The van der Waals surface area contributed by atoms with Crippen LogP contribution in [0.3, 0.4) is 0 Å². The highest BCUT2D eigenvalue weighted by atomic mass is 31.2. The number of carbonyl (C=O) groups is 2. The standard InChI is InChI=1S/C42H73O11P/c1-4-5-6-7-19-24-29-38(44)30-25-20-15-12-13-16-21-26-31-41(46)50-35-40(36-52-54(48,49)51-34-39(45)33-43)53-42(47)32-27-22-17-11-9-8-10-14-18-23-28-37(2)3/h5-6,13,15-16,19-20,24-25,30,37-40,43-45H,4,7-12,14,17-18,21-23,26-29,31-36H2,1-3H3,(H,48,49)/b6-5-,16-13-,20-15-,24-19-,30-25+/t38?,39-,40+/m0/s1. The van der Waals surface area contributed by atoms with Crippen molar-refractivity contribution < 1.29 is 52.9 Å². The van der Waals surface area contributed by atoms with E-state index in [0.717, 1.165) is 38.0 Å². The molecule has 12 heteroatoms. The van der Waals surface area contributed by atoms with Gasteiger partial charge in [-0.05, 0) is 50.9 Å². The lowest BCUT2D eigenvalue weighted by molar-refractivity contribution is -0.161. The van der Waals surface area contributed by atoms with Gasteiger partial charge in [0, 0.05) is 12.8 Å². The number of aliphatic hydroxyl groups is 3. The minimum atomic E-state index is -4.64. The van der Waals surface area contributed by atoms with Gasteiger partial charge in [-0.1, -0.05) is 146 Å². The van der Waals surface area contributed by atoms with E-state index in [1.807, 2.05) is 42.5 Å². The molecule has 2 unspecified atom stereocenters. The molecule has 312 valence electrons. The Hall–Kier alpha value is -2.37. The Balaban J connectivity index is 4.50. The molecule has 0 aromatic heterocycles. The Morgan fingerprint density at radius 3 is 1.94 bits per heavy atom. The number of unbranched alkanes of at least 4 members (excludes halogenated alkanes) is 10. The predicted octanol–water partition coefficient (Wildman–Crippen LogP) is 9.16. The molecule has 0 rings (SSSR count). The van der Waals surface area contributed by atoms with Crippen LogP contribution in [0.15, 0.2) is 60.8 Å². The fourth-order valence-corrected chi connectivity index (χ4v) is 5.85. The first-order chi connectivity index (χ1) is 26.0. The van der Waals surface area contributed by atoms with E-state index in [1.54, 1.807) is 6.08 Å². The number of allylic oxidation sites excluding steroid dienone is 8. The summed E-state index contributed by atoms with van der Waals surface area (Å²) < 4.78 is 32.5. The summed E-state index contributed by atoms with van der Waals surface area (Å²) in [6.45, 7) is 4.38. The van der Waals surface area contributed by atoms with Crippen LogP contribution in [-0.2, 0) is 32.7 Å². The van der Waals surface area contributed by atoms with Crippen LogP contribution in [0, 0.1) is 5.92 Å². The van der Waals surface area contributed by atoms with Crippen molar-refractivity contribution in [1.29, 1.82) is 0 Å². The Kier molecular flexibility index (Phi) is 34.7. The predicted molar refractivity (Wildman–Crippen MR) is 216 cm³/mol. The Morgan fingerprint density at radius 1 is 0.685 bits per heavy atom. The third-order valence-corrected chi connectivity index (χ3v) is 9.15. The number of hydrogen-bond donors (Lipinski definition) is 4. The molecular formula is C42H73O11P. The summed E-state index contributed by atoms with van der Waals surface area (Å²) in [5, 5.41) is 28.3. The van der Waals surface area contributed by atoms with Gasteiger partial charge in [-0.3, -0.25) is 18.6 Å². The number of esters is 2. The fraction of sp³-hybridized carbons (Fsp3) is 0.714. The van der Waals surface area contributed by atoms with Crippen molar-refractivity contribution >= 4 is 19.8 Å². The summed E-state index contributed by atoms with van der Waals surface area (Å²) in [4.78, 5) is 34.9. The van der Waals surface area contributed by atoms with Crippen LogP contribution < -0.4 is 0 Å². The van der Waals surface area contributed by atoms with Crippen LogP contribution in [0.25, 0.3) is 0 Å². The van der Waals surface area contributed by atoms with Gasteiger partial charge < -0.3 is 29.7 Å². The SMILES string of the molecule is CC/C=C\C/C=C\CC(O)/C=C/C=C\C/C=C\CCCC(=O)OC[C@H](COP(=O)(O)OC[C@@H](O)CO)OC(=O)CCCCCCCCCCCCC(C)C. The number of aliphatic hydroxyl groups excluding tert-OH is 3. The van der Waals surface area contributed by atoms with Crippen LogP contribution in [0.4, 0.5) is 0 Å². The smallest absolute Gasteiger partial charge is 0.462 e. The lowest BCUT2D eigenvalue weighted by Crippen LogP contribution is -2.29. The Bertz CT molecular complexity index is 1120. The lowest BCUT2D eigenvalue weighted by atomic mass is 10.0. The molecule has 0 aliphatic rings. The van der Waals surface area contributed by atoms with Crippen LogP contribution in [0.1, 0.15) is 143 Å². The van der Waals surface area contributed by atoms with Gasteiger partial charge in [-0.2, -0.15) is 0 Å². The lowest BCUT2D eigenvalue weighted by Gasteiger charge is -2.20. The fourth-order valence-electron chi connectivity index (χ4n) is 5.06.